The summed E-state index contributed by atoms with van der Waals surface area (Å²) in [4.78, 5) is 15.4. The van der Waals surface area contributed by atoms with E-state index in [-0.39, 0.29) is 11.5 Å². The van der Waals surface area contributed by atoms with E-state index < -0.39 is 5.83 Å². The van der Waals surface area contributed by atoms with Crippen molar-refractivity contribution in [1.82, 2.24) is 9.78 Å². The molecule has 3 aromatic rings. The average molecular weight is 453 g/mol. The summed E-state index contributed by atoms with van der Waals surface area (Å²) in [5.74, 6) is -1.04. The molecule has 0 saturated heterocycles. The van der Waals surface area contributed by atoms with E-state index in [1.807, 2.05) is 24.3 Å². The van der Waals surface area contributed by atoms with Crippen molar-refractivity contribution in [3.05, 3.63) is 101 Å². The van der Waals surface area contributed by atoms with Gasteiger partial charge in [0, 0.05) is 12.2 Å². The van der Waals surface area contributed by atoms with Gasteiger partial charge in [-0.3, -0.25) is 4.79 Å². The van der Waals surface area contributed by atoms with Crippen molar-refractivity contribution in [2.75, 3.05) is 11.4 Å². The Balaban J connectivity index is 1.70. The third-order valence-electron chi connectivity index (χ3n) is 5.97. The monoisotopic (exact) mass is 452 g/mol. The standard InChI is InChI=1S/C28H25FN4O/c1-5-24(16-23(17-30)20(4)29)33-27(14-19(3)31-33)28(34)32-13-12-22-15-21(10-11-26(22)32)25-9-7-6-8-18(25)2/h5-11,14-16H,4,12-13H2,1-3H3/b23-16-,24-5+. The first-order valence-electron chi connectivity index (χ1n) is 11.0. The van der Waals surface area contributed by atoms with Crippen molar-refractivity contribution in [3.8, 4) is 17.2 Å². The van der Waals surface area contributed by atoms with Crippen LogP contribution in [0.2, 0.25) is 0 Å². The third kappa shape index (κ3) is 4.20. The lowest BCUT2D eigenvalue weighted by atomic mass is 9.98. The van der Waals surface area contributed by atoms with Crippen LogP contribution in [-0.4, -0.2) is 22.2 Å². The van der Waals surface area contributed by atoms with Gasteiger partial charge in [0.1, 0.15) is 17.6 Å². The van der Waals surface area contributed by atoms with Crippen LogP contribution in [0.5, 0.6) is 0 Å². The highest BCUT2D eigenvalue weighted by atomic mass is 19.1. The topological polar surface area (TPSA) is 61.9 Å². The zero-order valence-corrected chi connectivity index (χ0v) is 19.5. The zero-order chi connectivity index (χ0) is 24.4. The van der Waals surface area contributed by atoms with Gasteiger partial charge in [0.2, 0.25) is 0 Å². The molecule has 170 valence electrons. The Hall–Kier alpha value is -4.24. The summed E-state index contributed by atoms with van der Waals surface area (Å²) in [6, 6.07) is 17.9. The van der Waals surface area contributed by atoms with Crippen molar-refractivity contribution in [3.63, 3.8) is 0 Å². The first kappa shape index (κ1) is 22.9. The molecule has 0 N–H and O–H groups in total. The van der Waals surface area contributed by atoms with E-state index in [1.165, 1.54) is 21.9 Å². The van der Waals surface area contributed by atoms with Gasteiger partial charge in [-0.1, -0.05) is 43.0 Å². The molecule has 0 saturated carbocycles. The Bertz CT molecular complexity index is 1400. The van der Waals surface area contributed by atoms with Gasteiger partial charge in [0.15, 0.2) is 0 Å². The summed E-state index contributed by atoms with van der Waals surface area (Å²) in [5.41, 5.74) is 6.69. The van der Waals surface area contributed by atoms with E-state index in [1.54, 1.807) is 37.0 Å². The summed E-state index contributed by atoms with van der Waals surface area (Å²) in [6.07, 6.45) is 3.78. The predicted octanol–water partition coefficient (Wildman–Crippen LogP) is 6.16. The van der Waals surface area contributed by atoms with Gasteiger partial charge < -0.3 is 4.90 Å². The number of benzene rings is 2. The molecule has 2 aromatic carbocycles. The van der Waals surface area contributed by atoms with E-state index in [0.717, 1.165) is 23.2 Å². The second kappa shape index (κ2) is 9.32. The maximum atomic E-state index is 13.6. The van der Waals surface area contributed by atoms with Gasteiger partial charge in [-0.05, 0) is 73.7 Å². The molecule has 1 aromatic heterocycles. The molecule has 6 heteroatoms. The number of aromatic nitrogens is 2. The Kier molecular flexibility index (Phi) is 6.29. The van der Waals surface area contributed by atoms with Crippen LogP contribution in [0.3, 0.4) is 0 Å². The number of halogens is 1. The van der Waals surface area contributed by atoms with Gasteiger partial charge in [-0.25, -0.2) is 9.07 Å². The number of hydrogen-bond acceptors (Lipinski definition) is 3. The van der Waals surface area contributed by atoms with Gasteiger partial charge in [0.05, 0.1) is 17.0 Å². The molecule has 0 aliphatic carbocycles. The number of nitriles is 1. The molecule has 0 bridgehead atoms. The van der Waals surface area contributed by atoms with Crippen LogP contribution < -0.4 is 4.90 Å². The van der Waals surface area contributed by atoms with E-state index >= 15 is 0 Å². The lowest BCUT2D eigenvalue weighted by Crippen LogP contribution is -2.30. The normalized spacial score (nSPS) is 13.6. The molecular formula is C28H25FN4O. The third-order valence-corrected chi connectivity index (χ3v) is 5.97. The number of fused-ring (bicyclic) bond motifs is 1. The van der Waals surface area contributed by atoms with E-state index in [9.17, 15) is 14.4 Å². The van der Waals surface area contributed by atoms with Crippen molar-refractivity contribution < 1.29 is 9.18 Å². The van der Waals surface area contributed by atoms with Gasteiger partial charge in [0.25, 0.3) is 5.91 Å². The molecule has 0 atom stereocenters. The number of rotatable bonds is 5. The molecular weight excluding hydrogens is 427 g/mol. The number of carbonyl (C=O) groups excluding carboxylic acids is 1. The molecule has 1 amide bonds. The maximum absolute atomic E-state index is 13.6. The fraction of sp³-hybridized carbons (Fsp3) is 0.179. The van der Waals surface area contributed by atoms with Crippen LogP contribution in [0.15, 0.2) is 78.7 Å². The van der Waals surface area contributed by atoms with Crippen LogP contribution in [0.1, 0.15) is 34.2 Å². The molecule has 4 rings (SSSR count). The molecule has 2 heterocycles. The summed E-state index contributed by atoms with van der Waals surface area (Å²) in [5, 5.41) is 13.7. The molecule has 34 heavy (non-hydrogen) atoms. The first-order chi connectivity index (χ1) is 16.3. The van der Waals surface area contributed by atoms with Crippen molar-refractivity contribution >= 4 is 17.3 Å². The molecule has 1 aliphatic heterocycles. The molecule has 0 radical (unpaired) electrons. The second-order valence-corrected chi connectivity index (χ2v) is 8.24. The highest BCUT2D eigenvalue weighted by molar-refractivity contribution is 6.07. The summed E-state index contributed by atoms with van der Waals surface area (Å²) >= 11 is 0. The molecule has 0 spiro atoms. The Morgan fingerprint density at radius 3 is 2.65 bits per heavy atom. The van der Waals surface area contributed by atoms with Crippen LogP contribution in [0.25, 0.3) is 16.8 Å². The fourth-order valence-corrected chi connectivity index (χ4v) is 4.25. The molecule has 5 nitrogen and oxygen atoms in total. The summed E-state index contributed by atoms with van der Waals surface area (Å²) in [7, 11) is 0. The van der Waals surface area contributed by atoms with E-state index in [0.29, 0.717) is 23.6 Å². The molecule has 1 aliphatic rings. The number of nitrogens with zero attached hydrogens (tertiary/aromatic N) is 4. The zero-order valence-electron chi connectivity index (χ0n) is 19.5. The number of amides is 1. The molecule has 0 fully saturated rings. The van der Waals surface area contributed by atoms with Crippen molar-refractivity contribution in [2.45, 2.75) is 27.2 Å². The quantitative estimate of drug-likeness (QED) is 0.344. The summed E-state index contributed by atoms with van der Waals surface area (Å²) in [6.45, 7) is 9.38. The van der Waals surface area contributed by atoms with E-state index in [2.05, 4.69) is 36.8 Å². The Morgan fingerprint density at radius 2 is 1.97 bits per heavy atom. The largest absolute Gasteiger partial charge is 0.306 e. The lowest BCUT2D eigenvalue weighted by Gasteiger charge is -2.19. The predicted molar refractivity (Wildman–Crippen MR) is 133 cm³/mol. The second-order valence-electron chi connectivity index (χ2n) is 8.24. The van der Waals surface area contributed by atoms with Crippen LogP contribution in [-0.2, 0) is 6.42 Å². The van der Waals surface area contributed by atoms with Crippen molar-refractivity contribution in [2.24, 2.45) is 0 Å². The average Bonchev–Trinajstić information content (AvgIpc) is 3.42. The highest BCUT2D eigenvalue weighted by Crippen LogP contribution is 2.34. The van der Waals surface area contributed by atoms with Gasteiger partial charge >= 0.3 is 0 Å². The number of carbonyl (C=O) groups is 1. The minimum atomic E-state index is -0.837. The lowest BCUT2D eigenvalue weighted by molar-refractivity contribution is 0.0982. The van der Waals surface area contributed by atoms with Crippen LogP contribution in [0.4, 0.5) is 10.1 Å². The summed E-state index contributed by atoms with van der Waals surface area (Å²) < 4.78 is 15.1. The Labute approximate surface area is 198 Å². The van der Waals surface area contributed by atoms with Crippen molar-refractivity contribution in [1.29, 1.82) is 5.26 Å². The maximum Gasteiger partial charge on any atom is 0.277 e. The fourth-order valence-electron chi connectivity index (χ4n) is 4.25. The minimum absolute atomic E-state index is 0.201. The number of anilines is 1. The van der Waals surface area contributed by atoms with Gasteiger partial charge in [-0.15, -0.1) is 0 Å². The molecule has 0 unspecified atom stereocenters. The minimum Gasteiger partial charge on any atom is -0.306 e. The smallest absolute Gasteiger partial charge is 0.277 e. The van der Waals surface area contributed by atoms with Crippen LogP contribution in [0, 0.1) is 25.2 Å². The number of allylic oxidation sites excluding steroid dienone is 5. The SMILES string of the molecule is C=C(F)/C(C#N)=C\C(=C/C)n1nc(C)cc1C(=O)N1CCc2cc(-c3ccccc3C)ccc21. The van der Waals surface area contributed by atoms with Gasteiger partial charge in [-0.2, -0.15) is 10.4 Å². The first-order valence-corrected chi connectivity index (χ1v) is 11.0. The highest BCUT2D eigenvalue weighted by Gasteiger charge is 2.29. The number of aryl methyl sites for hydroxylation is 2. The number of hydrogen-bond donors (Lipinski definition) is 0. The van der Waals surface area contributed by atoms with E-state index in [4.69, 9.17) is 0 Å². The van der Waals surface area contributed by atoms with Crippen LogP contribution >= 0.6 is 0 Å². The Morgan fingerprint density at radius 1 is 1.21 bits per heavy atom.